The van der Waals surface area contributed by atoms with Gasteiger partial charge in [0.05, 0.1) is 22.5 Å². The first-order chi connectivity index (χ1) is 21.5. The van der Waals surface area contributed by atoms with Crippen LogP contribution >= 0.6 is 23.2 Å². The zero-order valence-corrected chi connectivity index (χ0v) is 25.9. The summed E-state index contributed by atoms with van der Waals surface area (Å²) in [5.74, 6) is -0.282. The summed E-state index contributed by atoms with van der Waals surface area (Å²) in [7, 11) is 0. The summed E-state index contributed by atoms with van der Waals surface area (Å²) in [4.78, 5) is 32.3. The Labute approximate surface area is 268 Å². The third kappa shape index (κ3) is 6.33. The lowest BCUT2D eigenvalue weighted by atomic mass is 10.0. The molecule has 0 aliphatic carbocycles. The number of fused-ring (bicyclic) bond motifs is 1. The zero-order chi connectivity index (χ0) is 30.5. The summed E-state index contributed by atoms with van der Waals surface area (Å²) < 4.78 is 4.27. The molecule has 0 N–H and O–H groups in total. The quantitative estimate of drug-likeness (QED) is 0.136. The fourth-order valence-corrected chi connectivity index (χ4v) is 6.19. The maximum absolute atomic E-state index is 14.3. The van der Waals surface area contributed by atoms with Crippen LogP contribution in [-0.2, 0) is 22.7 Å². The number of aryl methyl sites for hydroxylation is 2. The molecule has 2 amide bonds. The Hall–Kier alpha value is -4.26. The number of benzene rings is 2. The van der Waals surface area contributed by atoms with Gasteiger partial charge in [-0.15, -0.1) is 0 Å². The van der Waals surface area contributed by atoms with Crippen LogP contribution in [0.25, 0.3) is 11.4 Å². The van der Waals surface area contributed by atoms with Crippen LogP contribution in [0.2, 0.25) is 10.0 Å². The summed E-state index contributed by atoms with van der Waals surface area (Å²) in [5, 5.41) is 1.20. The molecule has 0 spiro atoms. The van der Waals surface area contributed by atoms with E-state index in [0.29, 0.717) is 45.7 Å². The molecule has 0 fully saturated rings. The molecule has 44 heavy (non-hydrogen) atoms. The molecule has 2 aliphatic heterocycles. The van der Waals surface area contributed by atoms with Gasteiger partial charge < -0.3 is 9.80 Å². The third-order valence-electron chi connectivity index (χ3n) is 8.07. The Bertz CT molecular complexity index is 1570. The van der Waals surface area contributed by atoms with E-state index in [2.05, 4.69) is 9.13 Å². The molecular formula is C36H34Cl2N4O2+2. The molecule has 0 radical (unpaired) electrons. The van der Waals surface area contributed by atoms with Crippen LogP contribution in [0.15, 0.2) is 121 Å². The summed E-state index contributed by atoms with van der Waals surface area (Å²) >= 11 is 12.5. The van der Waals surface area contributed by atoms with E-state index in [0.717, 1.165) is 49.9 Å². The summed E-state index contributed by atoms with van der Waals surface area (Å²) in [6.07, 6.45) is 11.5. The van der Waals surface area contributed by atoms with Crippen molar-refractivity contribution in [3.05, 3.63) is 142 Å². The molecule has 0 saturated carbocycles. The van der Waals surface area contributed by atoms with Crippen LogP contribution in [0, 0.1) is 0 Å². The maximum atomic E-state index is 14.3. The van der Waals surface area contributed by atoms with Crippen LogP contribution in [0.4, 0.5) is 0 Å². The fourth-order valence-electron chi connectivity index (χ4n) is 5.93. The van der Waals surface area contributed by atoms with Crippen molar-refractivity contribution < 1.29 is 18.7 Å². The molecular weight excluding hydrogens is 591 g/mol. The molecule has 222 valence electrons. The van der Waals surface area contributed by atoms with Crippen molar-refractivity contribution >= 4 is 46.4 Å². The van der Waals surface area contributed by atoms with Crippen LogP contribution < -0.4 is 9.13 Å². The smallest absolute Gasteiger partial charge is 0.261 e. The Morgan fingerprint density at radius 3 is 1.23 bits per heavy atom. The molecule has 0 atom stereocenters. The topological polar surface area (TPSA) is 48.4 Å². The van der Waals surface area contributed by atoms with E-state index in [-0.39, 0.29) is 11.8 Å². The number of carbonyl (C=O) groups is 2. The van der Waals surface area contributed by atoms with Crippen molar-refractivity contribution in [2.75, 3.05) is 13.1 Å². The summed E-state index contributed by atoms with van der Waals surface area (Å²) in [6.45, 7) is 2.71. The van der Waals surface area contributed by atoms with Crippen LogP contribution in [0.1, 0.15) is 36.8 Å². The first kappa shape index (κ1) is 29.8. The highest BCUT2D eigenvalue weighted by Crippen LogP contribution is 2.46. The second-order valence-electron chi connectivity index (χ2n) is 11.0. The van der Waals surface area contributed by atoms with Gasteiger partial charge in [-0.25, -0.2) is 9.13 Å². The number of hydrogen-bond donors (Lipinski definition) is 0. The first-order valence-electron chi connectivity index (χ1n) is 15.0. The Morgan fingerprint density at radius 2 is 0.864 bits per heavy atom. The SMILES string of the molecule is O=C1C2=C(c3ccc(Cl)cc3)N(CCCC[n+]3ccccc3)C(=O)C2=C(c2ccc(Cl)cc2)N1CCCC[n+]1ccccc1. The number of pyridine rings is 2. The largest absolute Gasteiger partial charge is 0.307 e. The first-order valence-corrected chi connectivity index (χ1v) is 15.8. The van der Waals surface area contributed by atoms with Crippen molar-refractivity contribution in [3.63, 3.8) is 0 Å². The monoisotopic (exact) mass is 624 g/mol. The molecule has 0 unspecified atom stereocenters. The summed E-state index contributed by atoms with van der Waals surface area (Å²) in [6, 6.07) is 26.8. The van der Waals surface area contributed by atoms with Gasteiger partial charge in [-0.2, -0.15) is 0 Å². The van der Waals surface area contributed by atoms with Gasteiger partial charge >= 0.3 is 0 Å². The van der Waals surface area contributed by atoms with Gasteiger partial charge in [0, 0.05) is 60.2 Å². The third-order valence-corrected chi connectivity index (χ3v) is 8.57. The van der Waals surface area contributed by atoms with E-state index < -0.39 is 0 Å². The van der Waals surface area contributed by atoms with E-state index in [1.165, 1.54) is 0 Å². The highest BCUT2D eigenvalue weighted by molar-refractivity contribution is 6.32. The highest BCUT2D eigenvalue weighted by Gasteiger charge is 2.48. The number of carbonyl (C=O) groups excluding carboxylic acids is 2. The number of amides is 2. The average molecular weight is 626 g/mol. The minimum Gasteiger partial charge on any atom is -0.307 e. The molecule has 6 nitrogen and oxygen atoms in total. The molecule has 4 heterocycles. The van der Waals surface area contributed by atoms with Gasteiger partial charge in [0.2, 0.25) is 0 Å². The second-order valence-corrected chi connectivity index (χ2v) is 11.9. The van der Waals surface area contributed by atoms with Crippen molar-refractivity contribution in [1.29, 1.82) is 0 Å². The van der Waals surface area contributed by atoms with Crippen LogP contribution in [0.3, 0.4) is 0 Å². The average Bonchev–Trinajstić information content (AvgIpc) is 3.49. The fraction of sp³-hybridized carbons (Fsp3) is 0.222. The predicted octanol–water partition coefficient (Wildman–Crippen LogP) is 6.34. The maximum Gasteiger partial charge on any atom is 0.261 e. The standard InChI is InChI=1S/C36H34Cl2N4O2/c37-29-15-11-27(12-16-29)33-31-32(35(43)41(33)25-9-7-23-39-19-3-1-4-20-39)34(28-13-17-30(38)18-14-28)42(36(31)44)26-10-8-24-40-21-5-2-6-22-40/h1-6,11-22H,7-10,23-26H2/q+2. The number of rotatable bonds is 12. The van der Waals surface area contributed by atoms with Crippen molar-refractivity contribution in [1.82, 2.24) is 9.80 Å². The Kier molecular flexibility index (Phi) is 9.20. The lowest BCUT2D eigenvalue weighted by molar-refractivity contribution is -0.697. The van der Waals surface area contributed by atoms with E-state index in [1.54, 1.807) is 34.1 Å². The van der Waals surface area contributed by atoms with Gasteiger partial charge in [0.15, 0.2) is 24.8 Å². The van der Waals surface area contributed by atoms with Gasteiger partial charge in [0.25, 0.3) is 11.8 Å². The van der Waals surface area contributed by atoms with Gasteiger partial charge in [-0.3, -0.25) is 9.59 Å². The van der Waals surface area contributed by atoms with E-state index in [1.807, 2.05) is 85.5 Å². The normalized spacial score (nSPS) is 14.7. The minimum absolute atomic E-state index is 0.141. The molecule has 4 aromatic rings. The van der Waals surface area contributed by atoms with E-state index >= 15 is 0 Å². The number of hydrogen-bond acceptors (Lipinski definition) is 2. The lowest BCUT2D eigenvalue weighted by Gasteiger charge is -2.25. The number of nitrogens with zero attached hydrogens (tertiary/aromatic N) is 4. The van der Waals surface area contributed by atoms with Gasteiger partial charge in [0.1, 0.15) is 13.1 Å². The van der Waals surface area contributed by atoms with Crippen molar-refractivity contribution in [2.24, 2.45) is 0 Å². The molecule has 8 heteroatoms. The lowest BCUT2D eigenvalue weighted by Crippen LogP contribution is -2.34. The van der Waals surface area contributed by atoms with Crippen molar-refractivity contribution in [2.45, 2.75) is 38.8 Å². The second kappa shape index (κ2) is 13.6. The van der Waals surface area contributed by atoms with Crippen LogP contribution in [-0.4, -0.2) is 34.7 Å². The Morgan fingerprint density at radius 1 is 0.500 bits per heavy atom. The number of aromatic nitrogens is 2. The molecule has 0 saturated heterocycles. The molecule has 0 bridgehead atoms. The molecule has 2 aromatic heterocycles. The number of halogens is 2. The zero-order valence-electron chi connectivity index (χ0n) is 24.4. The highest BCUT2D eigenvalue weighted by atomic mass is 35.5. The number of unbranched alkanes of at least 4 members (excludes halogenated alkanes) is 2. The van der Waals surface area contributed by atoms with Gasteiger partial charge in [-0.1, -0.05) is 59.6 Å². The molecule has 6 rings (SSSR count). The predicted molar refractivity (Wildman–Crippen MR) is 172 cm³/mol. The minimum atomic E-state index is -0.141. The molecule has 2 aromatic carbocycles. The van der Waals surface area contributed by atoms with E-state index in [9.17, 15) is 9.59 Å². The molecule has 2 aliphatic rings. The summed E-state index contributed by atoms with van der Waals surface area (Å²) in [5.41, 5.74) is 3.86. The Balaban J connectivity index is 1.33. The van der Waals surface area contributed by atoms with E-state index in [4.69, 9.17) is 23.2 Å². The van der Waals surface area contributed by atoms with Crippen molar-refractivity contribution in [3.8, 4) is 0 Å². The van der Waals surface area contributed by atoms with Crippen LogP contribution in [0.5, 0.6) is 0 Å². The van der Waals surface area contributed by atoms with Gasteiger partial charge in [-0.05, 0) is 48.2 Å².